The molecule has 1 fully saturated rings. The van der Waals surface area contributed by atoms with Crippen LogP contribution in [0.5, 0.6) is 0 Å². The molecule has 0 spiro atoms. The number of nitrogens with zero attached hydrogens (tertiary/aromatic N) is 4. The van der Waals surface area contributed by atoms with E-state index >= 15 is 0 Å². The average molecular weight is 392 g/mol. The lowest BCUT2D eigenvalue weighted by molar-refractivity contribution is -0.117. The molecular weight excluding hydrogens is 377 g/mol. The number of carbonyl (C=O) groups is 1. The Bertz CT molecular complexity index is 1100. The minimum Gasteiger partial charge on any atom is -0.358 e. The minimum absolute atomic E-state index is 0.0203. The summed E-state index contributed by atoms with van der Waals surface area (Å²) < 4.78 is 15.6. The van der Waals surface area contributed by atoms with Crippen molar-refractivity contribution in [1.29, 1.82) is 5.26 Å². The summed E-state index contributed by atoms with van der Waals surface area (Å²) in [4.78, 5) is 38.3. The Kier molecular flexibility index (Phi) is 4.76. The number of anilines is 2. The van der Waals surface area contributed by atoms with E-state index in [1.807, 2.05) is 0 Å². The van der Waals surface area contributed by atoms with E-state index in [9.17, 15) is 24.0 Å². The highest BCUT2D eigenvalue weighted by molar-refractivity contribution is 6.30. The van der Waals surface area contributed by atoms with Gasteiger partial charge in [0.25, 0.3) is 5.56 Å². The van der Waals surface area contributed by atoms with Crippen molar-refractivity contribution in [3.63, 3.8) is 0 Å². The number of nitriles is 1. The van der Waals surface area contributed by atoms with Gasteiger partial charge in [0.2, 0.25) is 5.91 Å². The highest BCUT2D eigenvalue weighted by Crippen LogP contribution is 2.27. The molecular formula is C17H15ClFN5O3. The van der Waals surface area contributed by atoms with Gasteiger partial charge >= 0.3 is 5.69 Å². The lowest BCUT2D eigenvalue weighted by Gasteiger charge is -2.19. The number of nitrogens with one attached hydrogen (secondary N) is 1. The van der Waals surface area contributed by atoms with Crippen molar-refractivity contribution >= 4 is 29.0 Å². The van der Waals surface area contributed by atoms with Gasteiger partial charge in [-0.2, -0.15) is 5.26 Å². The Balaban J connectivity index is 1.94. The van der Waals surface area contributed by atoms with Crippen LogP contribution in [0.25, 0.3) is 0 Å². The molecule has 0 saturated carbocycles. The van der Waals surface area contributed by atoms with Gasteiger partial charge in [-0.15, -0.1) is 0 Å². The molecule has 2 aromatic rings. The third kappa shape index (κ3) is 3.08. The Hall–Kier alpha value is -3.12. The second-order valence-electron chi connectivity index (χ2n) is 6.12. The van der Waals surface area contributed by atoms with Crippen LogP contribution in [0, 0.1) is 17.1 Å². The molecule has 1 aliphatic heterocycles. The summed E-state index contributed by atoms with van der Waals surface area (Å²) in [6.07, 6.45) is 0.345. The highest BCUT2D eigenvalue weighted by atomic mass is 35.5. The molecule has 140 valence electrons. The van der Waals surface area contributed by atoms with Crippen LogP contribution in [0.4, 0.5) is 15.9 Å². The van der Waals surface area contributed by atoms with Crippen molar-refractivity contribution in [1.82, 2.24) is 9.13 Å². The lowest BCUT2D eigenvalue weighted by atomic mass is 10.2. The third-order valence-electron chi connectivity index (χ3n) is 4.51. The lowest BCUT2D eigenvalue weighted by Crippen LogP contribution is -2.42. The molecule has 1 aromatic carbocycles. The summed E-state index contributed by atoms with van der Waals surface area (Å²) in [7, 11) is 2.67. The zero-order valence-corrected chi connectivity index (χ0v) is 15.2. The van der Waals surface area contributed by atoms with Crippen LogP contribution < -0.4 is 21.5 Å². The number of rotatable bonds is 3. The summed E-state index contributed by atoms with van der Waals surface area (Å²) >= 11 is 5.67. The van der Waals surface area contributed by atoms with E-state index < -0.39 is 23.1 Å². The van der Waals surface area contributed by atoms with Gasteiger partial charge in [-0.1, -0.05) is 11.6 Å². The molecule has 1 saturated heterocycles. The number of benzene rings is 1. The van der Waals surface area contributed by atoms with Crippen molar-refractivity contribution in [2.24, 2.45) is 14.1 Å². The first-order chi connectivity index (χ1) is 12.8. The first kappa shape index (κ1) is 18.7. The zero-order valence-electron chi connectivity index (χ0n) is 14.5. The molecule has 1 atom stereocenters. The third-order valence-corrected chi connectivity index (χ3v) is 4.81. The van der Waals surface area contributed by atoms with Gasteiger partial charge in [0, 0.05) is 26.3 Å². The maximum Gasteiger partial charge on any atom is 0.332 e. The average Bonchev–Trinajstić information content (AvgIpc) is 3.01. The van der Waals surface area contributed by atoms with Gasteiger partial charge in [0.1, 0.15) is 23.7 Å². The largest absolute Gasteiger partial charge is 0.358 e. The molecule has 1 unspecified atom stereocenters. The van der Waals surface area contributed by atoms with Crippen LogP contribution in [0.15, 0.2) is 27.8 Å². The van der Waals surface area contributed by atoms with E-state index in [0.29, 0.717) is 18.7 Å². The molecule has 3 rings (SSSR count). The predicted octanol–water partition coefficient (Wildman–Crippen LogP) is 0.966. The maximum absolute atomic E-state index is 13.7. The molecule has 0 aliphatic carbocycles. The predicted molar refractivity (Wildman–Crippen MR) is 97.4 cm³/mol. The number of hydrogen-bond donors (Lipinski definition) is 1. The molecule has 2 heterocycles. The molecule has 1 aromatic heterocycles. The van der Waals surface area contributed by atoms with Gasteiger partial charge in [-0.05, 0) is 24.6 Å². The van der Waals surface area contributed by atoms with E-state index in [1.165, 1.54) is 31.1 Å². The molecule has 0 bridgehead atoms. The van der Waals surface area contributed by atoms with Gasteiger partial charge in [-0.3, -0.25) is 18.7 Å². The van der Waals surface area contributed by atoms with Crippen LogP contribution in [-0.2, 0) is 18.9 Å². The van der Waals surface area contributed by atoms with Crippen molar-refractivity contribution in [3.05, 3.63) is 55.4 Å². The summed E-state index contributed by atoms with van der Waals surface area (Å²) in [6.45, 7) is 0.304. The normalized spacial score (nSPS) is 16.5. The van der Waals surface area contributed by atoms with E-state index in [4.69, 9.17) is 11.6 Å². The van der Waals surface area contributed by atoms with E-state index in [1.54, 1.807) is 6.07 Å². The summed E-state index contributed by atoms with van der Waals surface area (Å²) in [5.41, 5.74) is -1.28. The fourth-order valence-electron chi connectivity index (χ4n) is 3.00. The number of carbonyl (C=O) groups excluding carboxylic acids is 1. The van der Waals surface area contributed by atoms with Gasteiger partial charge in [-0.25, -0.2) is 9.18 Å². The molecule has 1 amide bonds. The van der Waals surface area contributed by atoms with Crippen molar-refractivity contribution < 1.29 is 9.18 Å². The van der Waals surface area contributed by atoms with Gasteiger partial charge < -0.3 is 10.2 Å². The Labute approximate surface area is 158 Å². The molecule has 0 radical (unpaired) electrons. The monoisotopic (exact) mass is 391 g/mol. The molecule has 1 aliphatic rings. The van der Waals surface area contributed by atoms with Crippen LogP contribution in [0.3, 0.4) is 0 Å². The second-order valence-corrected chi connectivity index (χ2v) is 6.52. The van der Waals surface area contributed by atoms with Gasteiger partial charge in [0.15, 0.2) is 5.56 Å². The summed E-state index contributed by atoms with van der Waals surface area (Å²) in [6, 6.07) is 5.06. The smallest absolute Gasteiger partial charge is 0.332 e. The zero-order chi connectivity index (χ0) is 19.9. The second kappa shape index (κ2) is 6.89. The molecule has 1 N–H and O–H groups in total. The van der Waals surface area contributed by atoms with Crippen LogP contribution in [0.2, 0.25) is 5.02 Å². The number of amides is 1. The number of halogens is 2. The Morgan fingerprint density at radius 2 is 1.96 bits per heavy atom. The van der Waals surface area contributed by atoms with E-state index in [-0.39, 0.29) is 22.3 Å². The SMILES string of the molecule is Cn1c(NC2CCN(c3ccc(Cl)c(F)c3)C2=O)c(C#N)c(=O)n(C)c1=O. The molecule has 27 heavy (non-hydrogen) atoms. The maximum atomic E-state index is 13.7. The fraction of sp³-hybridized carbons (Fsp3) is 0.294. The van der Waals surface area contributed by atoms with Crippen molar-refractivity contribution in [3.8, 4) is 6.07 Å². The Morgan fingerprint density at radius 1 is 1.26 bits per heavy atom. The van der Waals surface area contributed by atoms with Crippen LogP contribution >= 0.6 is 11.6 Å². The van der Waals surface area contributed by atoms with Crippen molar-refractivity contribution in [2.75, 3.05) is 16.8 Å². The topological polar surface area (TPSA) is 100 Å². The Morgan fingerprint density at radius 3 is 2.59 bits per heavy atom. The first-order valence-electron chi connectivity index (χ1n) is 7.99. The summed E-state index contributed by atoms with van der Waals surface area (Å²) in [5, 5.41) is 12.1. The standard InChI is InChI=1S/C17H15ClFN5O3/c1-22-14(10(8-20)15(25)23(2)17(22)27)21-13-5-6-24(16(13)26)9-3-4-11(18)12(19)7-9/h3-4,7,13,21H,5-6H2,1-2H3. The highest BCUT2D eigenvalue weighted by Gasteiger charge is 2.34. The van der Waals surface area contributed by atoms with Crippen LogP contribution in [-0.4, -0.2) is 27.6 Å². The number of hydrogen-bond acceptors (Lipinski definition) is 5. The van der Waals surface area contributed by atoms with E-state index in [2.05, 4.69) is 5.32 Å². The summed E-state index contributed by atoms with van der Waals surface area (Å²) in [5.74, 6) is -1.03. The molecule has 10 heteroatoms. The number of aromatic nitrogens is 2. The van der Waals surface area contributed by atoms with Crippen molar-refractivity contribution in [2.45, 2.75) is 12.5 Å². The first-order valence-corrected chi connectivity index (χ1v) is 8.37. The minimum atomic E-state index is -0.770. The fourth-order valence-corrected chi connectivity index (χ4v) is 3.12. The van der Waals surface area contributed by atoms with Crippen LogP contribution in [0.1, 0.15) is 12.0 Å². The quantitative estimate of drug-likeness (QED) is 0.840. The van der Waals surface area contributed by atoms with Gasteiger partial charge in [0.05, 0.1) is 5.02 Å². The molecule has 8 nitrogen and oxygen atoms in total. The van der Waals surface area contributed by atoms with E-state index in [0.717, 1.165) is 15.2 Å².